The molecule has 0 fully saturated rings. The van der Waals surface area contributed by atoms with E-state index in [2.05, 4.69) is 6.92 Å². The number of carbonyl (C=O) groups is 2. The molecule has 5 nitrogen and oxygen atoms in total. The Bertz CT molecular complexity index is 218. The maximum Gasteiger partial charge on any atom is 0.312 e. The number of aliphatic hydroxyl groups is 1. The molecule has 0 aromatic carbocycles. The summed E-state index contributed by atoms with van der Waals surface area (Å²) < 4.78 is 0. The zero-order valence-corrected chi connectivity index (χ0v) is 9.81. The van der Waals surface area contributed by atoms with Crippen molar-refractivity contribution < 1.29 is 19.8 Å². The maximum absolute atomic E-state index is 11.4. The van der Waals surface area contributed by atoms with E-state index < -0.39 is 18.3 Å². The molecule has 0 aromatic rings. The summed E-state index contributed by atoms with van der Waals surface area (Å²) >= 11 is 0. The van der Waals surface area contributed by atoms with Crippen LogP contribution in [0, 0.1) is 0 Å². The summed E-state index contributed by atoms with van der Waals surface area (Å²) in [6.07, 6.45) is 3.62. The first-order chi connectivity index (χ1) is 7.61. The van der Waals surface area contributed by atoms with Crippen LogP contribution in [0.25, 0.3) is 0 Å². The number of nitrogens with zero attached hydrogens (tertiary/aromatic N) is 1. The topological polar surface area (TPSA) is 77.8 Å². The van der Waals surface area contributed by atoms with Crippen molar-refractivity contribution in [1.82, 2.24) is 4.90 Å². The van der Waals surface area contributed by atoms with Gasteiger partial charge in [-0.05, 0) is 6.42 Å². The molecule has 0 saturated carbocycles. The number of amides is 1. The zero-order valence-electron chi connectivity index (χ0n) is 9.81. The van der Waals surface area contributed by atoms with Crippen LogP contribution in [0.15, 0.2) is 0 Å². The minimum absolute atomic E-state index is 0.126. The van der Waals surface area contributed by atoms with Gasteiger partial charge in [0.1, 0.15) is 6.42 Å². The van der Waals surface area contributed by atoms with Gasteiger partial charge in [0.25, 0.3) is 0 Å². The van der Waals surface area contributed by atoms with Crippen molar-refractivity contribution >= 4 is 11.9 Å². The second-order valence-corrected chi connectivity index (χ2v) is 3.74. The van der Waals surface area contributed by atoms with Crippen molar-refractivity contribution in [1.29, 1.82) is 0 Å². The third-order valence-corrected chi connectivity index (χ3v) is 2.31. The van der Waals surface area contributed by atoms with E-state index in [0.29, 0.717) is 6.54 Å². The Morgan fingerprint density at radius 1 is 1.12 bits per heavy atom. The zero-order chi connectivity index (χ0) is 12.4. The fourth-order valence-electron chi connectivity index (χ4n) is 1.45. The first kappa shape index (κ1) is 14.9. The van der Waals surface area contributed by atoms with Gasteiger partial charge >= 0.3 is 5.97 Å². The van der Waals surface area contributed by atoms with Crippen LogP contribution < -0.4 is 0 Å². The van der Waals surface area contributed by atoms with E-state index in [4.69, 9.17) is 10.2 Å². The molecular weight excluding hydrogens is 210 g/mol. The Hall–Kier alpha value is -1.10. The molecule has 94 valence electrons. The maximum atomic E-state index is 11.4. The molecule has 0 unspecified atom stereocenters. The molecule has 5 heteroatoms. The molecule has 0 aliphatic heterocycles. The molecule has 0 aliphatic carbocycles. The van der Waals surface area contributed by atoms with E-state index in [-0.39, 0.29) is 13.2 Å². The summed E-state index contributed by atoms with van der Waals surface area (Å²) in [6.45, 7) is 2.73. The first-order valence-corrected chi connectivity index (χ1v) is 5.72. The Morgan fingerprint density at radius 2 is 1.81 bits per heavy atom. The van der Waals surface area contributed by atoms with Crippen molar-refractivity contribution in [2.45, 2.75) is 39.0 Å². The Labute approximate surface area is 96.1 Å². The van der Waals surface area contributed by atoms with Crippen LogP contribution in [0.3, 0.4) is 0 Å². The predicted octanol–water partition coefficient (Wildman–Crippen LogP) is 0.862. The van der Waals surface area contributed by atoms with Gasteiger partial charge in [-0.2, -0.15) is 0 Å². The van der Waals surface area contributed by atoms with Crippen LogP contribution in [0.2, 0.25) is 0 Å². The van der Waals surface area contributed by atoms with E-state index in [1.54, 1.807) is 0 Å². The number of aliphatic carboxylic acids is 1. The molecule has 0 spiro atoms. The fourth-order valence-corrected chi connectivity index (χ4v) is 1.45. The lowest BCUT2D eigenvalue weighted by Crippen LogP contribution is -2.35. The number of rotatable bonds is 9. The quantitative estimate of drug-likeness (QED) is 0.456. The van der Waals surface area contributed by atoms with E-state index in [1.807, 2.05) is 0 Å². The van der Waals surface area contributed by atoms with Gasteiger partial charge in [-0.3, -0.25) is 9.59 Å². The van der Waals surface area contributed by atoms with Crippen LogP contribution in [0.5, 0.6) is 0 Å². The third kappa shape index (κ3) is 7.23. The van der Waals surface area contributed by atoms with E-state index in [0.717, 1.165) is 25.7 Å². The van der Waals surface area contributed by atoms with E-state index >= 15 is 0 Å². The molecule has 0 rings (SSSR count). The van der Waals surface area contributed by atoms with Crippen LogP contribution in [0.1, 0.15) is 39.0 Å². The van der Waals surface area contributed by atoms with Crippen LogP contribution >= 0.6 is 0 Å². The van der Waals surface area contributed by atoms with Gasteiger partial charge in [-0.15, -0.1) is 0 Å². The highest BCUT2D eigenvalue weighted by atomic mass is 16.4. The Balaban J connectivity index is 3.94. The molecule has 0 saturated heterocycles. The highest BCUT2D eigenvalue weighted by molar-refractivity contribution is 5.93. The second-order valence-electron chi connectivity index (χ2n) is 3.74. The van der Waals surface area contributed by atoms with Crippen molar-refractivity contribution in [3.05, 3.63) is 0 Å². The molecule has 0 aromatic heterocycles. The van der Waals surface area contributed by atoms with Crippen molar-refractivity contribution in [2.24, 2.45) is 0 Å². The van der Waals surface area contributed by atoms with E-state index in [1.165, 1.54) is 4.90 Å². The van der Waals surface area contributed by atoms with Gasteiger partial charge in [0.15, 0.2) is 0 Å². The lowest BCUT2D eigenvalue weighted by atomic mass is 10.2. The standard InChI is InChI=1S/C11H21NO4/c1-2-3-4-5-6-12(7-8-13)10(14)9-11(15)16/h13H,2-9H2,1H3,(H,15,16). The van der Waals surface area contributed by atoms with Crippen LogP contribution in [-0.4, -0.2) is 46.7 Å². The van der Waals surface area contributed by atoms with Crippen molar-refractivity contribution in [2.75, 3.05) is 19.7 Å². The predicted molar refractivity (Wildman–Crippen MR) is 60.1 cm³/mol. The monoisotopic (exact) mass is 231 g/mol. The largest absolute Gasteiger partial charge is 0.481 e. The summed E-state index contributed by atoms with van der Waals surface area (Å²) in [6, 6.07) is 0. The number of unbranched alkanes of at least 4 members (excludes halogenated alkanes) is 3. The normalized spacial score (nSPS) is 10.1. The summed E-state index contributed by atoms with van der Waals surface area (Å²) in [5.41, 5.74) is 0. The van der Waals surface area contributed by atoms with Gasteiger partial charge in [0.05, 0.1) is 6.61 Å². The highest BCUT2D eigenvalue weighted by Crippen LogP contribution is 2.03. The van der Waals surface area contributed by atoms with Gasteiger partial charge in [0.2, 0.25) is 5.91 Å². The molecule has 0 bridgehead atoms. The minimum atomic E-state index is -1.12. The average molecular weight is 231 g/mol. The number of hydrogen-bond donors (Lipinski definition) is 2. The first-order valence-electron chi connectivity index (χ1n) is 5.72. The van der Waals surface area contributed by atoms with Crippen LogP contribution in [-0.2, 0) is 9.59 Å². The van der Waals surface area contributed by atoms with Crippen molar-refractivity contribution in [3.63, 3.8) is 0 Å². The van der Waals surface area contributed by atoms with Gasteiger partial charge in [0, 0.05) is 13.1 Å². The highest BCUT2D eigenvalue weighted by Gasteiger charge is 2.15. The lowest BCUT2D eigenvalue weighted by molar-refractivity contribution is -0.144. The third-order valence-electron chi connectivity index (χ3n) is 2.31. The second kappa shape index (κ2) is 9.15. The molecular formula is C11H21NO4. The lowest BCUT2D eigenvalue weighted by Gasteiger charge is -2.20. The number of aliphatic hydroxyl groups excluding tert-OH is 1. The number of carboxylic acids is 1. The molecule has 16 heavy (non-hydrogen) atoms. The van der Waals surface area contributed by atoms with Crippen molar-refractivity contribution in [3.8, 4) is 0 Å². The SMILES string of the molecule is CCCCCCN(CCO)C(=O)CC(=O)O. The molecule has 0 radical (unpaired) electrons. The van der Waals surface area contributed by atoms with E-state index in [9.17, 15) is 9.59 Å². The molecule has 0 atom stereocenters. The minimum Gasteiger partial charge on any atom is -0.481 e. The van der Waals surface area contributed by atoms with Gasteiger partial charge in [-0.1, -0.05) is 26.2 Å². The fraction of sp³-hybridized carbons (Fsp3) is 0.818. The summed E-state index contributed by atoms with van der Waals surface area (Å²) in [7, 11) is 0. The summed E-state index contributed by atoms with van der Waals surface area (Å²) in [4.78, 5) is 23.2. The summed E-state index contributed by atoms with van der Waals surface area (Å²) in [5.74, 6) is -1.54. The molecule has 1 amide bonds. The molecule has 2 N–H and O–H groups in total. The smallest absolute Gasteiger partial charge is 0.312 e. The number of carbonyl (C=O) groups excluding carboxylic acids is 1. The summed E-state index contributed by atoms with van der Waals surface area (Å²) in [5, 5.41) is 17.3. The van der Waals surface area contributed by atoms with Gasteiger partial charge < -0.3 is 15.1 Å². The molecule has 0 heterocycles. The molecule has 0 aliphatic rings. The Morgan fingerprint density at radius 3 is 2.31 bits per heavy atom. The number of carboxylic acid groups (broad SMARTS) is 1. The Kier molecular flexibility index (Phi) is 8.52. The average Bonchev–Trinajstić information content (AvgIpc) is 2.21. The van der Waals surface area contributed by atoms with Crippen LogP contribution in [0.4, 0.5) is 0 Å². The van der Waals surface area contributed by atoms with Gasteiger partial charge in [-0.25, -0.2) is 0 Å². The number of hydrogen-bond acceptors (Lipinski definition) is 3.